The lowest BCUT2D eigenvalue weighted by Gasteiger charge is -2.04. The van der Waals surface area contributed by atoms with Crippen molar-refractivity contribution in [2.45, 2.75) is 4.90 Å². The Hall–Kier alpha value is -1.12. The average molecular weight is 250 g/mol. The fourth-order valence-electron chi connectivity index (χ4n) is 0.929. The average Bonchev–Trinajstić information content (AvgIpc) is 1.99. The number of nitrogens with one attached hydrogen (secondary N) is 1. The monoisotopic (exact) mass is 250 g/mol. The van der Waals surface area contributed by atoms with Crippen LogP contribution in [0.1, 0.15) is 0 Å². The van der Waals surface area contributed by atoms with E-state index in [1.807, 2.05) is 0 Å². The number of nitrogen functional groups attached to an aromatic ring is 1. The zero-order valence-corrected chi connectivity index (χ0v) is 9.47. The molecule has 0 atom stereocenters. The van der Waals surface area contributed by atoms with Gasteiger partial charge >= 0.3 is 0 Å². The molecule has 0 heterocycles. The van der Waals surface area contributed by atoms with E-state index in [1.165, 1.54) is 28.4 Å². The number of benzene rings is 1. The van der Waals surface area contributed by atoms with Gasteiger partial charge in [-0.05, 0) is 18.2 Å². The molecule has 0 spiro atoms. The summed E-state index contributed by atoms with van der Waals surface area (Å²) in [5.74, 6) is 0. The van der Waals surface area contributed by atoms with Crippen molar-refractivity contribution in [3.05, 3.63) is 24.3 Å². The van der Waals surface area contributed by atoms with Crippen molar-refractivity contribution in [2.24, 2.45) is 0 Å². The van der Waals surface area contributed by atoms with Gasteiger partial charge in [0.1, 0.15) is 0 Å². The van der Waals surface area contributed by atoms with Crippen LogP contribution in [0.4, 0.5) is 5.69 Å². The van der Waals surface area contributed by atoms with Gasteiger partial charge in [-0.25, -0.2) is 16.8 Å². The quantitative estimate of drug-likeness (QED) is 0.704. The second kappa shape index (κ2) is 3.80. The van der Waals surface area contributed by atoms with Crippen LogP contribution in [0.25, 0.3) is 0 Å². The third kappa shape index (κ3) is 3.50. The van der Waals surface area contributed by atoms with Crippen LogP contribution in [0.2, 0.25) is 0 Å². The molecule has 0 radical (unpaired) electrons. The molecule has 0 saturated carbocycles. The molecule has 0 amide bonds. The van der Waals surface area contributed by atoms with Gasteiger partial charge in [-0.1, -0.05) is 6.07 Å². The molecule has 0 aliphatic heterocycles. The maximum absolute atomic E-state index is 11.5. The third-order valence-electron chi connectivity index (χ3n) is 1.43. The van der Waals surface area contributed by atoms with Crippen LogP contribution >= 0.6 is 0 Å². The van der Waals surface area contributed by atoms with Gasteiger partial charge in [0.05, 0.1) is 11.2 Å². The summed E-state index contributed by atoms with van der Waals surface area (Å²) in [6.07, 6.45) is 0.761. The summed E-state index contributed by atoms with van der Waals surface area (Å²) in [5, 5.41) is 0. The van der Waals surface area contributed by atoms with Crippen molar-refractivity contribution < 1.29 is 16.8 Å². The zero-order valence-electron chi connectivity index (χ0n) is 7.84. The highest BCUT2D eigenvalue weighted by Crippen LogP contribution is 2.12. The van der Waals surface area contributed by atoms with Crippen LogP contribution in [-0.2, 0) is 20.0 Å². The van der Waals surface area contributed by atoms with Gasteiger partial charge in [-0.3, -0.25) is 0 Å². The minimum absolute atomic E-state index is 0.187. The summed E-state index contributed by atoms with van der Waals surface area (Å²) in [6.45, 7) is 0. The van der Waals surface area contributed by atoms with Crippen LogP contribution < -0.4 is 9.86 Å². The summed E-state index contributed by atoms with van der Waals surface area (Å²) in [4.78, 5) is -0.187. The Bertz CT molecular complexity index is 562. The first-order chi connectivity index (χ1) is 6.71. The van der Waals surface area contributed by atoms with Crippen LogP contribution in [0.3, 0.4) is 0 Å². The molecule has 1 aromatic carbocycles. The van der Waals surface area contributed by atoms with Crippen LogP contribution in [-0.4, -0.2) is 23.1 Å². The maximum atomic E-state index is 11.5. The molecular weight excluding hydrogens is 240 g/mol. The summed E-state index contributed by atoms with van der Waals surface area (Å²) >= 11 is 0. The minimum Gasteiger partial charge on any atom is -0.399 e. The zero-order chi connectivity index (χ0) is 11.7. The van der Waals surface area contributed by atoms with E-state index < -0.39 is 20.0 Å². The number of rotatable bonds is 3. The fraction of sp³-hybridized carbons (Fsp3) is 0.143. The molecule has 6 nitrogen and oxygen atoms in total. The molecule has 0 aliphatic rings. The number of anilines is 1. The van der Waals surface area contributed by atoms with Crippen molar-refractivity contribution >= 4 is 25.7 Å². The van der Waals surface area contributed by atoms with Crippen molar-refractivity contribution in [3.63, 3.8) is 0 Å². The van der Waals surface area contributed by atoms with Crippen molar-refractivity contribution in [1.29, 1.82) is 0 Å². The third-order valence-corrected chi connectivity index (χ3v) is 4.39. The van der Waals surface area contributed by atoms with Gasteiger partial charge in [-0.2, -0.15) is 0 Å². The fourth-order valence-corrected chi connectivity index (χ4v) is 3.46. The Balaban J connectivity index is 3.19. The molecule has 1 aromatic rings. The van der Waals surface area contributed by atoms with Crippen LogP contribution in [0.5, 0.6) is 0 Å². The number of nitrogens with two attached hydrogens (primary N) is 1. The normalized spacial score (nSPS) is 12.6. The Morgan fingerprint density at radius 1 is 1.20 bits per heavy atom. The number of hydrogen-bond acceptors (Lipinski definition) is 5. The SMILES string of the molecule is CS(=O)(=O)NS(=O)(=O)c1cccc(N)c1. The summed E-state index contributed by atoms with van der Waals surface area (Å²) in [6, 6.07) is 5.35. The molecule has 0 bridgehead atoms. The van der Waals surface area contributed by atoms with Crippen molar-refractivity contribution in [3.8, 4) is 0 Å². The molecule has 0 aliphatic carbocycles. The second-order valence-electron chi connectivity index (χ2n) is 2.93. The predicted octanol–water partition coefficient (Wildman–Crippen LogP) is -0.493. The van der Waals surface area contributed by atoms with Gasteiger partial charge in [0.15, 0.2) is 0 Å². The summed E-state index contributed by atoms with van der Waals surface area (Å²) < 4.78 is 46.0. The molecule has 0 saturated heterocycles. The molecule has 3 N–H and O–H groups in total. The number of sulfonamides is 2. The second-order valence-corrected chi connectivity index (χ2v) is 6.62. The van der Waals surface area contributed by atoms with Gasteiger partial charge in [-0.15, -0.1) is 4.13 Å². The smallest absolute Gasteiger partial charge is 0.253 e. The van der Waals surface area contributed by atoms with Crippen LogP contribution in [0.15, 0.2) is 29.2 Å². The lowest BCUT2D eigenvalue weighted by Crippen LogP contribution is -2.29. The lowest BCUT2D eigenvalue weighted by molar-refractivity contribution is 0.580. The lowest BCUT2D eigenvalue weighted by atomic mass is 10.3. The van der Waals surface area contributed by atoms with Gasteiger partial charge < -0.3 is 5.73 Å². The maximum Gasteiger partial charge on any atom is 0.253 e. The first-order valence-electron chi connectivity index (χ1n) is 3.80. The summed E-state index contributed by atoms with van der Waals surface area (Å²) in [5.41, 5.74) is 5.62. The molecule has 8 heteroatoms. The molecule has 0 fully saturated rings. The van der Waals surface area contributed by atoms with Gasteiger partial charge in [0, 0.05) is 5.69 Å². The van der Waals surface area contributed by atoms with E-state index in [0.29, 0.717) is 0 Å². The summed E-state index contributed by atoms with van der Waals surface area (Å²) in [7, 11) is -7.88. The van der Waals surface area contributed by atoms with Crippen LogP contribution in [0, 0.1) is 0 Å². The Morgan fingerprint density at radius 2 is 1.80 bits per heavy atom. The molecule has 1 rings (SSSR count). The highest BCUT2D eigenvalue weighted by molar-refractivity contribution is 8.04. The molecular formula is C7H10N2O4S2. The molecule has 0 aromatic heterocycles. The van der Waals surface area contributed by atoms with Gasteiger partial charge in [0.25, 0.3) is 10.0 Å². The number of hydrogen-bond donors (Lipinski definition) is 2. The highest BCUT2D eigenvalue weighted by Gasteiger charge is 2.18. The Labute approximate surface area is 88.2 Å². The molecule has 84 valence electrons. The van der Waals surface area contributed by atoms with E-state index in [0.717, 1.165) is 6.26 Å². The minimum atomic E-state index is -4.06. The van der Waals surface area contributed by atoms with Gasteiger partial charge in [0.2, 0.25) is 10.0 Å². The first-order valence-corrected chi connectivity index (χ1v) is 7.17. The van der Waals surface area contributed by atoms with E-state index in [2.05, 4.69) is 0 Å². The van der Waals surface area contributed by atoms with E-state index in [9.17, 15) is 16.8 Å². The molecule has 15 heavy (non-hydrogen) atoms. The topological polar surface area (TPSA) is 106 Å². The highest BCUT2D eigenvalue weighted by atomic mass is 32.3. The van der Waals surface area contributed by atoms with E-state index in [1.54, 1.807) is 0 Å². The van der Waals surface area contributed by atoms with E-state index in [-0.39, 0.29) is 10.6 Å². The van der Waals surface area contributed by atoms with E-state index >= 15 is 0 Å². The Kier molecular flexibility index (Phi) is 3.03. The Morgan fingerprint density at radius 3 is 2.27 bits per heavy atom. The van der Waals surface area contributed by atoms with Crippen molar-refractivity contribution in [2.75, 3.05) is 12.0 Å². The van der Waals surface area contributed by atoms with E-state index in [4.69, 9.17) is 5.73 Å². The largest absolute Gasteiger partial charge is 0.399 e. The first kappa shape index (κ1) is 12.0. The molecule has 0 unspecified atom stereocenters. The predicted molar refractivity (Wildman–Crippen MR) is 56.0 cm³/mol. The van der Waals surface area contributed by atoms with Crippen molar-refractivity contribution in [1.82, 2.24) is 4.13 Å². The standard InChI is InChI=1S/C7H10N2O4S2/c1-14(10,11)9-15(12,13)7-4-2-3-6(8)5-7/h2-5,9H,8H2,1H3.